The molecule has 0 radical (unpaired) electrons. The van der Waals surface area contributed by atoms with E-state index < -0.39 is 4.92 Å². The Bertz CT molecular complexity index is 410. The molecular weight excluding hydrogens is 234 g/mol. The third-order valence-electron chi connectivity index (χ3n) is 2.79. The lowest BCUT2D eigenvalue weighted by Gasteiger charge is -2.19. The topological polar surface area (TPSA) is 92.6 Å². The molecule has 3 N–H and O–H groups in total. The molecule has 0 heterocycles. The number of nitro groups is 1. The lowest BCUT2D eigenvalue weighted by molar-refractivity contribution is -0.383. The number of nitrogen functional groups attached to an aromatic ring is 1. The molecule has 0 fully saturated rings. The van der Waals surface area contributed by atoms with Gasteiger partial charge in [0.15, 0.2) is 0 Å². The summed E-state index contributed by atoms with van der Waals surface area (Å²) >= 11 is 0. The van der Waals surface area contributed by atoms with Crippen LogP contribution in [0.15, 0.2) is 18.2 Å². The molecule has 0 spiro atoms. The number of nitro benzene ring substituents is 1. The van der Waals surface area contributed by atoms with Gasteiger partial charge in [-0.05, 0) is 31.4 Å². The van der Waals surface area contributed by atoms with Crippen molar-refractivity contribution in [3.05, 3.63) is 28.3 Å². The van der Waals surface area contributed by atoms with Gasteiger partial charge in [-0.2, -0.15) is 0 Å². The van der Waals surface area contributed by atoms with Gasteiger partial charge in [0.25, 0.3) is 0 Å². The van der Waals surface area contributed by atoms with Gasteiger partial charge in [0, 0.05) is 20.2 Å². The summed E-state index contributed by atoms with van der Waals surface area (Å²) in [4.78, 5) is 12.4. The third-order valence-corrected chi connectivity index (χ3v) is 2.79. The fourth-order valence-electron chi connectivity index (χ4n) is 1.81. The number of aliphatic hydroxyl groups excluding tert-OH is 1. The van der Waals surface area contributed by atoms with E-state index in [-0.39, 0.29) is 18.0 Å². The summed E-state index contributed by atoms with van der Waals surface area (Å²) in [6.45, 7) is 0.881. The van der Waals surface area contributed by atoms with E-state index in [2.05, 4.69) is 0 Å². The zero-order valence-corrected chi connectivity index (χ0v) is 10.5. The molecular formula is C12H19N3O3. The van der Waals surface area contributed by atoms with Crippen molar-refractivity contribution in [1.29, 1.82) is 0 Å². The van der Waals surface area contributed by atoms with Crippen molar-refractivity contribution in [2.24, 2.45) is 0 Å². The molecule has 0 aliphatic heterocycles. The molecule has 1 rings (SSSR count). The Balaban J connectivity index is 2.76. The zero-order chi connectivity index (χ0) is 13.5. The molecule has 0 aliphatic carbocycles. The zero-order valence-electron chi connectivity index (χ0n) is 10.5. The molecule has 1 aromatic carbocycles. The average molecular weight is 253 g/mol. The number of nitrogens with two attached hydrogens (primary N) is 1. The maximum atomic E-state index is 11.0. The lowest BCUT2D eigenvalue weighted by Crippen LogP contribution is -2.20. The quantitative estimate of drug-likeness (QED) is 0.334. The molecule has 0 atom stereocenters. The largest absolute Gasteiger partial charge is 0.396 e. The number of aliphatic hydroxyl groups is 1. The van der Waals surface area contributed by atoms with Crippen LogP contribution in [0.3, 0.4) is 0 Å². The van der Waals surface area contributed by atoms with Crippen molar-refractivity contribution >= 4 is 17.1 Å². The number of hydrogen-bond donors (Lipinski definition) is 2. The summed E-state index contributed by atoms with van der Waals surface area (Å²) in [5, 5.41) is 19.7. The molecule has 0 saturated carbocycles. The van der Waals surface area contributed by atoms with Crippen LogP contribution in [-0.4, -0.2) is 30.2 Å². The smallest absolute Gasteiger partial charge is 0.315 e. The van der Waals surface area contributed by atoms with E-state index in [0.29, 0.717) is 12.2 Å². The molecule has 0 unspecified atom stereocenters. The summed E-state index contributed by atoms with van der Waals surface area (Å²) in [7, 11) is 1.81. The second kappa shape index (κ2) is 6.80. The Morgan fingerprint density at radius 3 is 2.72 bits per heavy atom. The van der Waals surface area contributed by atoms with Crippen LogP contribution in [0.4, 0.5) is 17.1 Å². The van der Waals surface area contributed by atoms with Crippen molar-refractivity contribution in [2.75, 3.05) is 30.8 Å². The van der Waals surface area contributed by atoms with Crippen LogP contribution in [0.25, 0.3) is 0 Å². The van der Waals surface area contributed by atoms with Crippen molar-refractivity contribution in [1.82, 2.24) is 0 Å². The number of anilines is 2. The van der Waals surface area contributed by atoms with Crippen LogP contribution in [0, 0.1) is 10.1 Å². The maximum Gasteiger partial charge on any atom is 0.315 e. The summed E-state index contributed by atoms with van der Waals surface area (Å²) in [6, 6.07) is 4.93. The van der Waals surface area contributed by atoms with Crippen molar-refractivity contribution < 1.29 is 10.0 Å². The predicted octanol–water partition coefficient (Wildman–Crippen LogP) is 1.78. The Kier molecular flexibility index (Phi) is 5.38. The Morgan fingerprint density at radius 1 is 1.39 bits per heavy atom. The Hall–Kier alpha value is -1.82. The first kappa shape index (κ1) is 14.2. The number of unbranched alkanes of at least 4 members (excludes halogenated alkanes) is 2. The van der Waals surface area contributed by atoms with Crippen LogP contribution in [0.5, 0.6) is 0 Å². The third kappa shape index (κ3) is 3.59. The summed E-state index contributed by atoms with van der Waals surface area (Å²) in [5.41, 5.74) is 6.31. The first-order chi connectivity index (χ1) is 8.57. The first-order valence-electron chi connectivity index (χ1n) is 5.92. The van der Waals surface area contributed by atoms with Gasteiger partial charge < -0.3 is 15.7 Å². The highest BCUT2D eigenvalue weighted by Gasteiger charge is 2.20. The highest BCUT2D eigenvalue weighted by Crippen LogP contribution is 2.32. The minimum atomic E-state index is -0.450. The van der Waals surface area contributed by atoms with Gasteiger partial charge in [-0.1, -0.05) is 6.07 Å². The predicted molar refractivity (Wildman–Crippen MR) is 71.7 cm³/mol. The van der Waals surface area contributed by atoms with Gasteiger partial charge in [0.1, 0.15) is 11.4 Å². The highest BCUT2D eigenvalue weighted by atomic mass is 16.6. The fraction of sp³-hybridized carbons (Fsp3) is 0.500. The molecule has 18 heavy (non-hydrogen) atoms. The maximum absolute atomic E-state index is 11.0. The standard InChI is InChI=1S/C12H19N3O3/c1-14(8-3-2-4-9-16)11-7-5-6-10(13)12(11)15(17)18/h5-7,16H,2-4,8-9,13H2,1H3. The first-order valence-corrected chi connectivity index (χ1v) is 5.92. The van der Waals surface area contributed by atoms with Gasteiger partial charge in [0.2, 0.25) is 0 Å². The molecule has 6 heteroatoms. The van der Waals surface area contributed by atoms with Crippen LogP contribution >= 0.6 is 0 Å². The van der Waals surface area contributed by atoms with Gasteiger partial charge >= 0.3 is 5.69 Å². The van der Waals surface area contributed by atoms with Crippen molar-refractivity contribution in [2.45, 2.75) is 19.3 Å². The molecule has 100 valence electrons. The normalized spacial score (nSPS) is 10.3. The Labute approximate surface area is 106 Å². The van der Waals surface area contributed by atoms with E-state index in [0.717, 1.165) is 19.3 Å². The van der Waals surface area contributed by atoms with Crippen LogP contribution in [0.2, 0.25) is 0 Å². The molecule has 6 nitrogen and oxygen atoms in total. The highest BCUT2D eigenvalue weighted by molar-refractivity contribution is 5.75. The second-order valence-corrected chi connectivity index (χ2v) is 4.18. The SMILES string of the molecule is CN(CCCCCO)c1cccc(N)c1[N+](=O)[O-]. The molecule has 0 aliphatic rings. The molecule has 1 aromatic rings. The average Bonchev–Trinajstić information content (AvgIpc) is 2.33. The summed E-state index contributed by atoms with van der Waals surface area (Å²) in [6.07, 6.45) is 2.53. The lowest BCUT2D eigenvalue weighted by atomic mass is 10.2. The number of rotatable bonds is 7. The second-order valence-electron chi connectivity index (χ2n) is 4.18. The van der Waals surface area contributed by atoms with Gasteiger partial charge in [0.05, 0.1) is 4.92 Å². The fourth-order valence-corrected chi connectivity index (χ4v) is 1.81. The van der Waals surface area contributed by atoms with E-state index in [4.69, 9.17) is 10.8 Å². The van der Waals surface area contributed by atoms with Crippen LogP contribution in [-0.2, 0) is 0 Å². The minimum Gasteiger partial charge on any atom is -0.396 e. The van der Waals surface area contributed by atoms with Gasteiger partial charge in [-0.3, -0.25) is 10.1 Å². The van der Waals surface area contributed by atoms with E-state index in [1.165, 1.54) is 6.07 Å². The number of nitrogens with zero attached hydrogens (tertiary/aromatic N) is 2. The number of para-hydroxylation sites is 1. The van der Waals surface area contributed by atoms with Gasteiger partial charge in [-0.25, -0.2) is 0 Å². The van der Waals surface area contributed by atoms with Crippen molar-refractivity contribution in [3.8, 4) is 0 Å². The van der Waals surface area contributed by atoms with E-state index in [1.54, 1.807) is 19.2 Å². The van der Waals surface area contributed by atoms with Crippen molar-refractivity contribution in [3.63, 3.8) is 0 Å². The summed E-state index contributed by atoms with van der Waals surface area (Å²) < 4.78 is 0. The number of benzene rings is 1. The summed E-state index contributed by atoms with van der Waals surface area (Å²) in [5.74, 6) is 0. The van der Waals surface area contributed by atoms with E-state index in [9.17, 15) is 10.1 Å². The molecule has 0 saturated heterocycles. The molecule has 0 bridgehead atoms. The van der Waals surface area contributed by atoms with Crippen LogP contribution in [0.1, 0.15) is 19.3 Å². The van der Waals surface area contributed by atoms with Gasteiger partial charge in [-0.15, -0.1) is 0 Å². The molecule has 0 aromatic heterocycles. The molecule has 0 amide bonds. The monoisotopic (exact) mass is 253 g/mol. The van der Waals surface area contributed by atoms with Crippen LogP contribution < -0.4 is 10.6 Å². The van der Waals surface area contributed by atoms with E-state index >= 15 is 0 Å². The Morgan fingerprint density at radius 2 is 2.11 bits per heavy atom. The minimum absolute atomic E-state index is 0.0397. The number of hydrogen-bond acceptors (Lipinski definition) is 5. The van der Waals surface area contributed by atoms with E-state index in [1.807, 2.05) is 4.90 Å².